The number of ketones is 2. The zero-order chi connectivity index (χ0) is 41.2. The first kappa shape index (κ1) is 38.8. The Kier molecular flexibility index (Phi) is 9.97. The molecule has 4 aliphatic heterocycles. The third-order valence-corrected chi connectivity index (χ3v) is 12.0. The predicted octanol–water partition coefficient (Wildman–Crippen LogP) is 1.31. The van der Waals surface area contributed by atoms with E-state index in [0.717, 1.165) is 12.8 Å². The molecule has 1 saturated carbocycles. The number of hydrogen-bond donors (Lipinski definition) is 5. The van der Waals surface area contributed by atoms with Crippen molar-refractivity contribution < 1.29 is 58.6 Å². The number of aldehydes is 1. The normalized spacial score (nSPS) is 27.6. The van der Waals surface area contributed by atoms with Crippen LogP contribution in [0, 0.1) is 0 Å². The summed E-state index contributed by atoms with van der Waals surface area (Å²) in [5, 5.41) is 45.0. The van der Waals surface area contributed by atoms with E-state index in [4.69, 9.17) is 24.7 Å². The first-order valence-corrected chi connectivity index (χ1v) is 19.5. The summed E-state index contributed by atoms with van der Waals surface area (Å²) < 4.78 is 26.1. The number of nitrogens with zero attached hydrogens (tertiary/aromatic N) is 4. The molecule has 7 atom stereocenters. The molecular formula is C42H41N5O12. The van der Waals surface area contributed by atoms with Crippen molar-refractivity contribution in [3.8, 4) is 11.5 Å². The van der Waals surface area contributed by atoms with Crippen molar-refractivity contribution in [1.29, 1.82) is 0 Å². The molecule has 9 rings (SSSR count). The number of amides is 1. The van der Waals surface area contributed by atoms with Crippen LogP contribution < -0.4 is 20.1 Å². The first-order valence-electron chi connectivity index (χ1n) is 19.5. The van der Waals surface area contributed by atoms with E-state index < -0.39 is 72.4 Å². The monoisotopic (exact) mass is 807 g/mol. The number of nitrogens with two attached hydrogens (primary N) is 1. The molecule has 17 nitrogen and oxygen atoms in total. The SMILES string of the molecule is NC1=NC(=O)C2=NCN(c3ccccc3[C@H]3CCOC4(CCCC4)[C@@H]4O[C@H](Oc5c3cc3c(c5OC[C@H](O)CC=O)C(=O)c5ccccc5C3=O)[C@@H](O)[C@H](O)[C@H]4O)C2=N1. The molecule has 59 heavy (non-hydrogen) atoms. The molecule has 0 unspecified atom stereocenters. The lowest BCUT2D eigenvalue weighted by Crippen LogP contribution is -2.65. The molecule has 2 aliphatic carbocycles. The van der Waals surface area contributed by atoms with Gasteiger partial charge in [0.1, 0.15) is 44.0 Å². The van der Waals surface area contributed by atoms with Crippen molar-refractivity contribution in [2.75, 3.05) is 24.8 Å². The maximum Gasteiger partial charge on any atom is 0.302 e. The third-order valence-electron chi connectivity index (χ3n) is 12.0. The van der Waals surface area contributed by atoms with E-state index in [9.17, 15) is 39.6 Å². The highest BCUT2D eigenvalue weighted by molar-refractivity contribution is 6.72. The van der Waals surface area contributed by atoms with Crippen molar-refractivity contribution in [1.82, 2.24) is 0 Å². The van der Waals surface area contributed by atoms with Gasteiger partial charge in [0.25, 0.3) is 0 Å². The number of aliphatic hydroxyl groups is 4. The second kappa shape index (κ2) is 15.2. The molecule has 1 saturated heterocycles. The molecule has 2 bridgehead atoms. The second-order valence-electron chi connectivity index (χ2n) is 15.4. The molecule has 6 N–H and O–H groups in total. The number of carbonyl (C=O) groups excluding carboxylic acids is 4. The predicted molar refractivity (Wildman–Crippen MR) is 208 cm³/mol. The van der Waals surface area contributed by atoms with Crippen LogP contribution in [0.5, 0.6) is 11.5 Å². The smallest absolute Gasteiger partial charge is 0.302 e. The van der Waals surface area contributed by atoms with E-state index in [-0.39, 0.29) is 82.9 Å². The number of aliphatic imine (C=N–C) groups is 3. The molecule has 2 fully saturated rings. The number of fused-ring (bicyclic) bond motifs is 7. The average molecular weight is 808 g/mol. The second-order valence-corrected chi connectivity index (χ2v) is 15.4. The molecule has 6 aliphatic rings. The number of benzene rings is 3. The number of anilines is 1. The third kappa shape index (κ3) is 6.45. The fourth-order valence-electron chi connectivity index (χ4n) is 9.13. The van der Waals surface area contributed by atoms with Gasteiger partial charge >= 0.3 is 5.91 Å². The first-order chi connectivity index (χ1) is 28.5. The van der Waals surface area contributed by atoms with Crippen molar-refractivity contribution in [2.45, 2.75) is 86.9 Å². The Morgan fingerprint density at radius 3 is 2.42 bits per heavy atom. The summed E-state index contributed by atoms with van der Waals surface area (Å²) in [6.07, 6.45) is -6.45. The van der Waals surface area contributed by atoms with E-state index in [0.29, 0.717) is 30.4 Å². The summed E-state index contributed by atoms with van der Waals surface area (Å²) in [7, 11) is 0. The summed E-state index contributed by atoms with van der Waals surface area (Å²) in [6, 6.07) is 15.1. The van der Waals surface area contributed by atoms with Crippen LogP contribution in [0.1, 0.15) is 87.4 Å². The average Bonchev–Trinajstić information content (AvgIpc) is 3.89. The lowest BCUT2D eigenvalue weighted by atomic mass is 9.79. The van der Waals surface area contributed by atoms with E-state index in [1.807, 2.05) is 6.07 Å². The number of guanidine groups is 1. The van der Waals surface area contributed by atoms with E-state index in [1.165, 1.54) is 12.1 Å². The Bertz CT molecular complexity index is 2350. The van der Waals surface area contributed by atoms with Gasteiger partial charge in [-0.05, 0) is 37.0 Å². The summed E-state index contributed by atoms with van der Waals surface area (Å²) in [5.74, 6) is -2.97. The maximum absolute atomic E-state index is 14.5. The fraction of sp³-hybridized carbons (Fsp3) is 0.405. The number of aliphatic hydroxyl groups excluding tert-OH is 4. The Labute approximate surface area is 336 Å². The molecule has 17 heteroatoms. The minimum atomic E-state index is -1.82. The Balaban J connectivity index is 1.29. The van der Waals surface area contributed by atoms with Gasteiger partial charge in [-0.2, -0.15) is 9.98 Å². The standard InChI is InChI=1S/C42H41N5O12/c43-41-45-38-29(39(55)46-41)44-19-47(38)27-10-4-3-7-22(27)21-12-16-57-42(13-5-6-14-42)37-33(53)32(52)34(54)40(59-37)58-35-25(21)17-26-28(36(35)56-18-20(49)11-15-48)31(51)24-9-2-1-8-23(24)30(26)50/h1-4,7-10,15,17,20-21,32-34,37,40,49,52-54H,5-6,11-14,16,18-19H2,(H2,43,46,55)/t20-,21-,32-,33-,34+,37-,40+/m1/s1. The van der Waals surface area contributed by atoms with Gasteiger partial charge in [-0.15, -0.1) is 0 Å². The summed E-state index contributed by atoms with van der Waals surface area (Å²) in [6.45, 7) is -0.466. The van der Waals surface area contributed by atoms with Crippen LogP contribution in [0.25, 0.3) is 0 Å². The molecule has 0 aromatic heterocycles. The number of rotatable bonds is 7. The quantitative estimate of drug-likeness (QED) is 0.165. The van der Waals surface area contributed by atoms with E-state index in [2.05, 4.69) is 15.0 Å². The highest BCUT2D eigenvalue weighted by Crippen LogP contribution is 2.51. The lowest BCUT2D eigenvalue weighted by Gasteiger charge is -2.47. The van der Waals surface area contributed by atoms with Crippen LogP contribution in [0.4, 0.5) is 5.69 Å². The van der Waals surface area contributed by atoms with Crippen molar-refractivity contribution in [3.63, 3.8) is 0 Å². The summed E-state index contributed by atoms with van der Waals surface area (Å²) >= 11 is 0. The van der Waals surface area contributed by atoms with Gasteiger partial charge in [0, 0.05) is 46.9 Å². The fourth-order valence-corrected chi connectivity index (χ4v) is 9.13. The molecule has 0 radical (unpaired) electrons. The van der Waals surface area contributed by atoms with Crippen LogP contribution in [0.3, 0.4) is 0 Å². The maximum atomic E-state index is 14.5. The van der Waals surface area contributed by atoms with Gasteiger partial charge in [-0.25, -0.2) is 0 Å². The van der Waals surface area contributed by atoms with Crippen molar-refractivity contribution in [2.24, 2.45) is 20.7 Å². The zero-order valence-electron chi connectivity index (χ0n) is 31.6. The van der Waals surface area contributed by atoms with Gasteiger partial charge in [0.15, 0.2) is 34.6 Å². The molecule has 3 aromatic rings. The van der Waals surface area contributed by atoms with E-state index >= 15 is 0 Å². The molecule has 306 valence electrons. The number of carbonyl (C=O) groups is 4. The zero-order valence-corrected chi connectivity index (χ0v) is 31.6. The van der Waals surface area contributed by atoms with Gasteiger partial charge < -0.3 is 54.8 Å². The van der Waals surface area contributed by atoms with Gasteiger partial charge in [0.2, 0.25) is 12.2 Å². The largest absolute Gasteiger partial charge is 0.486 e. The van der Waals surface area contributed by atoms with Gasteiger partial charge in [0.05, 0.1) is 17.3 Å². The van der Waals surface area contributed by atoms with Crippen LogP contribution >= 0.6 is 0 Å². The lowest BCUT2D eigenvalue weighted by molar-refractivity contribution is -0.309. The topological polar surface area (TPSA) is 252 Å². The van der Waals surface area contributed by atoms with Crippen molar-refractivity contribution >= 4 is 47.0 Å². The van der Waals surface area contributed by atoms with Crippen LogP contribution in [-0.4, -0.2) is 124 Å². The summed E-state index contributed by atoms with van der Waals surface area (Å²) in [4.78, 5) is 67.5. The number of para-hydroxylation sites is 1. The van der Waals surface area contributed by atoms with Gasteiger partial charge in [-0.3, -0.25) is 19.4 Å². The molecule has 3 aromatic carbocycles. The summed E-state index contributed by atoms with van der Waals surface area (Å²) in [5.41, 5.74) is 6.36. The van der Waals surface area contributed by atoms with E-state index in [1.54, 1.807) is 41.3 Å². The minimum absolute atomic E-state index is 0.00802. The Hall–Kier alpha value is -5.69. The number of amidine groups is 1. The molecule has 4 heterocycles. The van der Waals surface area contributed by atoms with Crippen LogP contribution in [0.15, 0.2) is 69.6 Å². The number of ether oxygens (including phenoxy) is 4. The van der Waals surface area contributed by atoms with Crippen LogP contribution in [0.2, 0.25) is 0 Å². The van der Waals surface area contributed by atoms with Crippen LogP contribution in [-0.2, 0) is 19.1 Å². The van der Waals surface area contributed by atoms with Gasteiger partial charge in [-0.1, -0.05) is 55.3 Å². The number of hydrogen-bond acceptors (Lipinski definition) is 16. The molecular weight excluding hydrogens is 766 g/mol. The highest BCUT2D eigenvalue weighted by Gasteiger charge is 2.56. The Morgan fingerprint density at radius 1 is 0.932 bits per heavy atom. The molecule has 1 spiro atoms. The molecule has 1 amide bonds. The van der Waals surface area contributed by atoms with Crippen molar-refractivity contribution in [3.05, 3.63) is 88.0 Å². The minimum Gasteiger partial charge on any atom is -0.486 e. The Morgan fingerprint density at radius 2 is 1.66 bits per heavy atom. The highest BCUT2D eigenvalue weighted by atomic mass is 16.7.